The van der Waals surface area contributed by atoms with Crippen molar-refractivity contribution in [3.05, 3.63) is 67.2 Å². The van der Waals surface area contributed by atoms with E-state index in [1.165, 1.54) is 24.3 Å². The van der Waals surface area contributed by atoms with Crippen LogP contribution in [0.25, 0.3) is 0 Å². The van der Waals surface area contributed by atoms with Crippen LogP contribution < -0.4 is 5.73 Å². The highest BCUT2D eigenvalue weighted by Crippen LogP contribution is 2.26. The third kappa shape index (κ3) is 3.73. The lowest BCUT2D eigenvalue weighted by Gasteiger charge is -2.15. The van der Waals surface area contributed by atoms with Gasteiger partial charge in [-0.2, -0.15) is 0 Å². The number of halogens is 4. The van der Waals surface area contributed by atoms with Gasteiger partial charge >= 0.3 is 0 Å². The molecular formula is C14H11BrF2IN. The van der Waals surface area contributed by atoms with E-state index in [0.717, 1.165) is 14.7 Å². The standard InChI is InChI=1S/C14H11BrF2IN/c15-12-6-9(16)2-1-8(12)5-14(19)11-4-3-10(17)7-13(11)18/h1-4,6-7,14H,5,19H2. The van der Waals surface area contributed by atoms with Crippen LogP contribution in [0.4, 0.5) is 8.78 Å². The van der Waals surface area contributed by atoms with Crippen LogP contribution in [0, 0.1) is 15.2 Å². The summed E-state index contributed by atoms with van der Waals surface area (Å²) >= 11 is 5.39. The molecule has 2 rings (SSSR count). The summed E-state index contributed by atoms with van der Waals surface area (Å²) < 4.78 is 27.6. The Morgan fingerprint density at radius 3 is 2.37 bits per heavy atom. The lowest BCUT2D eigenvalue weighted by molar-refractivity contribution is 0.620. The van der Waals surface area contributed by atoms with E-state index in [1.54, 1.807) is 12.1 Å². The number of benzene rings is 2. The fourth-order valence-corrected chi connectivity index (χ4v) is 3.23. The second-order valence-electron chi connectivity index (χ2n) is 4.21. The van der Waals surface area contributed by atoms with Crippen LogP contribution in [-0.4, -0.2) is 0 Å². The number of hydrogen-bond donors (Lipinski definition) is 1. The third-order valence-corrected chi connectivity index (χ3v) is 4.49. The van der Waals surface area contributed by atoms with Crippen molar-refractivity contribution in [1.29, 1.82) is 0 Å². The average Bonchev–Trinajstić information content (AvgIpc) is 2.32. The summed E-state index contributed by atoms with van der Waals surface area (Å²) in [6.07, 6.45) is 0.558. The Morgan fingerprint density at radius 2 is 1.74 bits per heavy atom. The molecule has 2 aromatic rings. The van der Waals surface area contributed by atoms with E-state index in [2.05, 4.69) is 38.5 Å². The molecule has 0 spiro atoms. The van der Waals surface area contributed by atoms with Crippen molar-refractivity contribution in [2.45, 2.75) is 12.5 Å². The molecule has 5 heteroatoms. The van der Waals surface area contributed by atoms with Gasteiger partial charge in [-0.1, -0.05) is 28.1 Å². The number of hydrogen-bond acceptors (Lipinski definition) is 1. The van der Waals surface area contributed by atoms with Crippen molar-refractivity contribution in [2.24, 2.45) is 5.73 Å². The summed E-state index contributed by atoms with van der Waals surface area (Å²) in [5.74, 6) is -0.566. The predicted octanol–water partition coefficient (Wildman–Crippen LogP) is 4.57. The quantitative estimate of drug-likeness (QED) is 0.699. The van der Waals surface area contributed by atoms with Gasteiger partial charge in [0.2, 0.25) is 0 Å². The van der Waals surface area contributed by atoms with Gasteiger partial charge in [0, 0.05) is 14.1 Å². The maximum Gasteiger partial charge on any atom is 0.124 e. The van der Waals surface area contributed by atoms with Crippen LogP contribution in [-0.2, 0) is 6.42 Å². The first-order valence-corrected chi connectivity index (χ1v) is 7.49. The zero-order valence-corrected chi connectivity index (χ0v) is 13.6. The molecule has 0 aromatic heterocycles. The second kappa shape index (κ2) is 6.28. The molecule has 0 fully saturated rings. The molecule has 2 aromatic carbocycles. The van der Waals surface area contributed by atoms with Crippen molar-refractivity contribution in [1.82, 2.24) is 0 Å². The fraction of sp³-hybridized carbons (Fsp3) is 0.143. The Bertz CT molecular complexity index is 604. The molecule has 2 N–H and O–H groups in total. The summed E-state index contributed by atoms with van der Waals surface area (Å²) in [5, 5.41) is 0. The highest BCUT2D eigenvalue weighted by Gasteiger charge is 2.13. The molecule has 0 bridgehead atoms. The second-order valence-corrected chi connectivity index (χ2v) is 6.23. The predicted molar refractivity (Wildman–Crippen MR) is 83.8 cm³/mol. The van der Waals surface area contributed by atoms with Crippen LogP contribution >= 0.6 is 38.5 Å². The van der Waals surface area contributed by atoms with Gasteiger partial charge in [-0.05, 0) is 64.4 Å². The monoisotopic (exact) mass is 437 g/mol. The summed E-state index contributed by atoms with van der Waals surface area (Å²) in [6, 6.07) is 8.82. The first kappa shape index (κ1) is 14.9. The van der Waals surface area contributed by atoms with Gasteiger partial charge in [0.1, 0.15) is 11.6 Å². The lowest BCUT2D eigenvalue weighted by atomic mass is 10.00. The van der Waals surface area contributed by atoms with Crippen LogP contribution in [0.15, 0.2) is 40.9 Å². The van der Waals surface area contributed by atoms with Gasteiger partial charge < -0.3 is 5.73 Å². The Kier molecular flexibility index (Phi) is 4.92. The molecule has 0 saturated carbocycles. The molecule has 0 aliphatic rings. The molecule has 1 nitrogen and oxygen atoms in total. The van der Waals surface area contributed by atoms with E-state index in [0.29, 0.717) is 10.9 Å². The van der Waals surface area contributed by atoms with Crippen LogP contribution in [0.3, 0.4) is 0 Å². The van der Waals surface area contributed by atoms with Crippen molar-refractivity contribution in [3.8, 4) is 0 Å². The van der Waals surface area contributed by atoms with E-state index < -0.39 is 0 Å². The lowest BCUT2D eigenvalue weighted by Crippen LogP contribution is -2.15. The van der Waals surface area contributed by atoms with Gasteiger partial charge in [0.15, 0.2) is 0 Å². The van der Waals surface area contributed by atoms with Crippen molar-refractivity contribution < 1.29 is 8.78 Å². The number of rotatable bonds is 3. The number of nitrogens with two attached hydrogens (primary N) is 1. The van der Waals surface area contributed by atoms with Gasteiger partial charge in [0.05, 0.1) is 0 Å². The van der Waals surface area contributed by atoms with Gasteiger partial charge in [-0.3, -0.25) is 0 Å². The molecule has 0 saturated heterocycles. The highest BCUT2D eigenvalue weighted by atomic mass is 127. The molecule has 0 heterocycles. The van der Waals surface area contributed by atoms with Crippen LogP contribution in [0.5, 0.6) is 0 Å². The molecular weight excluding hydrogens is 427 g/mol. The molecule has 1 atom stereocenters. The third-order valence-electron chi connectivity index (χ3n) is 2.82. The SMILES string of the molecule is NC(Cc1ccc(F)cc1Br)c1ccc(F)cc1I. The zero-order valence-electron chi connectivity index (χ0n) is 9.84. The topological polar surface area (TPSA) is 26.0 Å². The Labute approximate surface area is 132 Å². The van der Waals surface area contributed by atoms with E-state index in [9.17, 15) is 8.78 Å². The Hall–Kier alpha value is -0.530. The van der Waals surface area contributed by atoms with E-state index >= 15 is 0 Å². The summed E-state index contributed by atoms with van der Waals surface area (Å²) in [6.45, 7) is 0. The molecule has 19 heavy (non-hydrogen) atoms. The van der Waals surface area contributed by atoms with Crippen molar-refractivity contribution in [2.75, 3.05) is 0 Å². The normalized spacial score (nSPS) is 12.5. The Balaban J connectivity index is 2.23. The summed E-state index contributed by atoms with van der Waals surface area (Å²) in [4.78, 5) is 0. The smallest absolute Gasteiger partial charge is 0.124 e. The fourth-order valence-electron chi connectivity index (χ4n) is 1.84. The van der Waals surface area contributed by atoms with E-state index in [-0.39, 0.29) is 17.7 Å². The van der Waals surface area contributed by atoms with Crippen LogP contribution in [0.1, 0.15) is 17.2 Å². The summed E-state index contributed by atoms with van der Waals surface area (Å²) in [7, 11) is 0. The van der Waals surface area contributed by atoms with E-state index in [4.69, 9.17) is 5.73 Å². The van der Waals surface area contributed by atoms with Crippen molar-refractivity contribution in [3.63, 3.8) is 0 Å². The first-order chi connectivity index (χ1) is 8.97. The Morgan fingerprint density at radius 1 is 1.11 bits per heavy atom. The minimum absolute atomic E-state index is 0.255. The average molecular weight is 438 g/mol. The van der Waals surface area contributed by atoms with Gasteiger partial charge in [0.25, 0.3) is 0 Å². The largest absolute Gasteiger partial charge is 0.324 e. The van der Waals surface area contributed by atoms with E-state index in [1.807, 2.05) is 0 Å². The molecule has 0 radical (unpaired) electrons. The molecule has 100 valence electrons. The maximum atomic E-state index is 13.1. The molecule has 0 amide bonds. The maximum absolute atomic E-state index is 13.1. The molecule has 0 aliphatic carbocycles. The van der Waals surface area contributed by atoms with Gasteiger partial charge in [-0.15, -0.1) is 0 Å². The van der Waals surface area contributed by atoms with Crippen LogP contribution in [0.2, 0.25) is 0 Å². The first-order valence-electron chi connectivity index (χ1n) is 5.62. The summed E-state index contributed by atoms with van der Waals surface area (Å²) in [5.41, 5.74) is 7.96. The molecule has 0 aliphatic heterocycles. The minimum atomic E-state index is -0.291. The highest BCUT2D eigenvalue weighted by molar-refractivity contribution is 14.1. The molecule has 1 unspecified atom stereocenters. The van der Waals surface area contributed by atoms with Gasteiger partial charge in [-0.25, -0.2) is 8.78 Å². The van der Waals surface area contributed by atoms with Crippen molar-refractivity contribution >= 4 is 38.5 Å². The minimum Gasteiger partial charge on any atom is -0.324 e. The zero-order chi connectivity index (χ0) is 14.0.